The molecule has 1 atom stereocenters. The normalized spacial score (nSPS) is 16.9. The first-order chi connectivity index (χ1) is 8.74. The molecule has 2 aromatic rings. The molecule has 0 bridgehead atoms. The number of hydrogen-bond donors (Lipinski definition) is 1. The minimum Gasteiger partial charge on any atom is -0.308 e. The second kappa shape index (κ2) is 4.53. The van der Waals surface area contributed by atoms with Gasteiger partial charge >= 0.3 is 0 Å². The van der Waals surface area contributed by atoms with Gasteiger partial charge in [-0.3, -0.25) is 9.20 Å². The zero-order chi connectivity index (χ0) is 12.5. The summed E-state index contributed by atoms with van der Waals surface area (Å²) in [6.45, 7) is 2.86. The number of nitrogens with zero attached hydrogens (tertiary/aromatic N) is 2. The van der Waals surface area contributed by atoms with Crippen LogP contribution in [0, 0.1) is 5.92 Å². The lowest BCUT2D eigenvalue weighted by Gasteiger charge is -2.12. The second-order valence-corrected chi connectivity index (χ2v) is 5.02. The van der Waals surface area contributed by atoms with Crippen LogP contribution in [0.25, 0.3) is 5.65 Å². The molecule has 4 nitrogen and oxygen atoms in total. The SMILES string of the molecule is CC(NCc1cc(=O)n2ccccc2n1)C1CC1. The average molecular weight is 243 g/mol. The van der Waals surface area contributed by atoms with Crippen LogP contribution in [-0.2, 0) is 6.54 Å². The third kappa shape index (κ3) is 2.29. The molecule has 1 fully saturated rings. The number of aromatic nitrogens is 2. The van der Waals surface area contributed by atoms with Crippen LogP contribution >= 0.6 is 0 Å². The maximum Gasteiger partial charge on any atom is 0.258 e. The molecule has 0 amide bonds. The van der Waals surface area contributed by atoms with E-state index in [4.69, 9.17) is 0 Å². The molecule has 0 spiro atoms. The van der Waals surface area contributed by atoms with Gasteiger partial charge in [0.25, 0.3) is 5.56 Å². The van der Waals surface area contributed by atoms with E-state index in [1.807, 2.05) is 18.2 Å². The van der Waals surface area contributed by atoms with Crippen LogP contribution in [0.3, 0.4) is 0 Å². The van der Waals surface area contributed by atoms with Crippen LogP contribution in [-0.4, -0.2) is 15.4 Å². The molecular weight excluding hydrogens is 226 g/mol. The lowest BCUT2D eigenvalue weighted by atomic mass is 10.2. The summed E-state index contributed by atoms with van der Waals surface area (Å²) in [5.74, 6) is 0.812. The van der Waals surface area contributed by atoms with E-state index in [-0.39, 0.29) is 5.56 Å². The van der Waals surface area contributed by atoms with E-state index < -0.39 is 0 Å². The minimum atomic E-state index is -0.0172. The maximum atomic E-state index is 11.9. The zero-order valence-corrected chi connectivity index (χ0v) is 10.5. The molecule has 1 aliphatic carbocycles. The Labute approximate surface area is 106 Å². The fourth-order valence-corrected chi connectivity index (χ4v) is 2.22. The summed E-state index contributed by atoms with van der Waals surface area (Å²) >= 11 is 0. The highest BCUT2D eigenvalue weighted by Crippen LogP contribution is 2.32. The lowest BCUT2D eigenvalue weighted by molar-refractivity contribution is 0.492. The first-order valence-electron chi connectivity index (χ1n) is 6.45. The molecule has 0 radical (unpaired) electrons. The molecule has 0 saturated heterocycles. The van der Waals surface area contributed by atoms with E-state index in [1.54, 1.807) is 16.7 Å². The largest absolute Gasteiger partial charge is 0.308 e. The van der Waals surface area contributed by atoms with Gasteiger partial charge in [-0.15, -0.1) is 0 Å². The highest BCUT2D eigenvalue weighted by atomic mass is 16.1. The van der Waals surface area contributed by atoms with Crippen molar-refractivity contribution in [3.63, 3.8) is 0 Å². The van der Waals surface area contributed by atoms with Gasteiger partial charge in [-0.1, -0.05) is 6.07 Å². The number of pyridine rings is 1. The molecule has 3 rings (SSSR count). The van der Waals surface area contributed by atoms with Gasteiger partial charge in [0.2, 0.25) is 0 Å². The maximum absolute atomic E-state index is 11.9. The molecule has 18 heavy (non-hydrogen) atoms. The van der Waals surface area contributed by atoms with Crippen LogP contribution in [0.5, 0.6) is 0 Å². The van der Waals surface area contributed by atoms with Crippen molar-refractivity contribution in [1.82, 2.24) is 14.7 Å². The minimum absolute atomic E-state index is 0.0172. The molecule has 1 unspecified atom stereocenters. The smallest absolute Gasteiger partial charge is 0.258 e. The molecule has 1 N–H and O–H groups in total. The van der Waals surface area contributed by atoms with Crippen molar-refractivity contribution < 1.29 is 0 Å². The van der Waals surface area contributed by atoms with Crippen LogP contribution in [0.15, 0.2) is 35.3 Å². The van der Waals surface area contributed by atoms with Crippen LogP contribution < -0.4 is 10.9 Å². The van der Waals surface area contributed by atoms with Crippen LogP contribution in [0.1, 0.15) is 25.5 Å². The van der Waals surface area contributed by atoms with Crippen LogP contribution in [0.2, 0.25) is 0 Å². The van der Waals surface area contributed by atoms with Crippen molar-refractivity contribution in [2.45, 2.75) is 32.4 Å². The van der Waals surface area contributed by atoms with E-state index >= 15 is 0 Å². The Kier molecular flexibility index (Phi) is 2.88. The Morgan fingerprint density at radius 3 is 3.11 bits per heavy atom. The molecule has 1 aliphatic rings. The summed E-state index contributed by atoms with van der Waals surface area (Å²) in [6.07, 6.45) is 4.39. The Bertz CT molecular complexity index is 616. The fraction of sp³-hybridized carbons (Fsp3) is 0.429. The highest BCUT2D eigenvalue weighted by molar-refractivity contribution is 5.37. The van der Waals surface area contributed by atoms with E-state index in [9.17, 15) is 4.79 Å². The van der Waals surface area contributed by atoms with Gasteiger partial charge in [-0.2, -0.15) is 0 Å². The number of nitrogens with one attached hydrogen (secondary N) is 1. The summed E-state index contributed by atoms with van der Waals surface area (Å²) in [6, 6.07) is 7.71. The Morgan fingerprint density at radius 1 is 1.50 bits per heavy atom. The number of rotatable bonds is 4. The van der Waals surface area contributed by atoms with Gasteiger partial charge in [0.1, 0.15) is 5.65 Å². The van der Waals surface area contributed by atoms with E-state index in [0.29, 0.717) is 18.2 Å². The molecule has 4 heteroatoms. The number of hydrogen-bond acceptors (Lipinski definition) is 3. The summed E-state index contributed by atoms with van der Waals surface area (Å²) in [5.41, 5.74) is 1.51. The van der Waals surface area contributed by atoms with Crippen LogP contribution in [0.4, 0.5) is 0 Å². The first-order valence-corrected chi connectivity index (χ1v) is 6.45. The molecule has 0 aliphatic heterocycles. The van der Waals surface area contributed by atoms with Gasteiger partial charge in [0.15, 0.2) is 0 Å². The second-order valence-electron chi connectivity index (χ2n) is 5.02. The first kappa shape index (κ1) is 11.4. The van der Waals surface area contributed by atoms with Crippen molar-refractivity contribution in [3.05, 3.63) is 46.5 Å². The predicted octanol–water partition coefficient (Wildman–Crippen LogP) is 1.58. The monoisotopic (exact) mass is 243 g/mol. The summed E-state index contributed by atoms with van der Waals surface area (Å²) < 4.78 is 1.56. The van der Waals surface area contributed by atoms with Gasteiger partial charge in [0.05, 0.1) is 5.69 Å². The summed E-state index contributed by atoms with van der Waals surface area (Å²) in [4.78, 5) is 16.4. The van der Waals surface area contributed by atoms with Crippen molar-refractivity contribution in [2.75, 3.05) is 0 Å². The summed E-state index contributed by atoms with van der Waals surface area (Å²) in [5, 5.41) is 3.44. The van der Waals surface area contributed by atoms with E-state index in [0.717, 1.165) is 11.6 Å². The Balaban J connectivity index is 1.81. The lowest BCUT2D eigenvalue weighted by Crippen LogP contribution is -2.28. The summed E-state index contributed by atoms with van der Waals surface area (Å²) in [7, 11) is 0. The molecule has 2 aromatic heterocycles. The zero-order valence-electron chi connectivity index (χ0n) is 10.5. The average Bonchev–Trinajstić information content (AvgIpc) is 3.20. The third-order valence-corrected chi connectivity index (χ3v) is 3.56. The molecule has 1 saturated carbocycles. The molecule has 94 valence electrons. The van der Waals surface area contributed by atoms with Crippen molar-refractivity contribution in [2.24, 2.45) is 5.92 Å². The van der Waals surface area contributed by atoms with Gasteiger partial charge in [0, 0.05) is 24.8 Å². The molecule has 0 aromatic carbocycles. The molecule has 2 heterocycles. The predicted molar refractivity (Wildman–Crippen MR) is 70.5 cm³/mol. The van der Waals surface area contributed by atoms with Gasteiger partial charge in [-0.05, 0) is 37.8 Å². The van der Waals surface area contributed by atoms with Gasteiger partial charge in [-0.25, -0.2) is 4.98 Å². The fourth-order valence-electron chi connectivity index (χ4n) is 2.22. The van der Waals surface area contributed by atoms with Crippen molar-refractivity contribution in [1.29, 1.82) is 0 Å². The Hall–Kier alpha value is -1.68. The molecular formula is C14H17N3O. The Morgan fingerprint density at radius 2 is 2.33 bits per heavy atom. The standard InChI is InChI=1S/C14H17N3O/c1-10(11-5-6-11)15-9-12-8-14(18)17-7-3-2-4-13(17)16-12/h2-4,7-8,10-11,15H,5-6,9H2,1H3. The number of fused-ring (bicyclic) bond motifs is 1. The van der Waals surface area contributed by atoms with E-state index in [1.165, 1.54) is 12.8 Å². The quantitative estimate of drug-likeness (QED) is 0.887. The van der Waals surface area contributed by atoms with Crippen molar-refractivity contribution in [3.8, 4) is 0 Å². The van der Waals surface area contributed by atoms with E-state index in [2.05, 4.69) is 17.2 Å². The van der Waals surface area contributed by atoms with Gasteiger partial charge < -0.3 is 5.32 Å². The van der Waals surface area contributed by atoms with Crippen molar-refractivity contribution >= 4 is 5.65 Å². The highest BCUT2D eigenvalue weighted by Gasteiger charge is 2.27. The topological polar surface area (TPSA) is 46.4 Å². The third-order valence-electron chi connectivity index (χ3n) is 3.56.